The van der Waals surface area contributed by atoms with Gasteiger partial charge in [0, 0.05) is 11.8 Å². The Morgan fingerprint density at radius 2 is 2.47 bits per heavy atom. The van der Waals surface area contributed by atoms with Crippen molar-refractivity contribution in [1.29, 1.82) is 0 Å². The largest absolute Gasteiger partial charge is 0.392 e. The van der Waals surface area contributed by atoms with Crippen LogP contribution in [0.1, 0.15) is 26.2 Å². The third-order valence-electron chi connectivity index (χ3n) is 3.29. The van der Waals surface area contributed by atoms with Crippen molar-refractivity contribution in [2.24, 2.45) is 10.6 Å². The third kappa shape index (κ3) is 1.84. The van der Waals surface area contributed by atoms with Crippen molar-refractivity contribution < 1.29 is 9.94 Å². The first-order valence-corrected chi connectivity index (χ1v) is 5.49. The molecule has 0 amide bonds. The smallest absolute Gasteiger partial charge is 0.155 e. The molecule has 2 unspecified atom stereocenters. The molecule has 2 aliphatic rings. The molecule has 0 spiro atoms. The van der Waals surface area contributed by atoms with Crippen LogP contribution in [0.15, 0.2) is 29.5 Å². The summed E-state index contributed by atoms with van der Waals surface area (Å²) in [6.45, 7) is 2.21. The van der Waals surface area contributed by atoms with Crippen LogP contribution in [0.2, 0.25) is 0 Å². The van der Waals surface area contributed by atoms with E-state index in [2.05, 4.69) is 36.4 Å². The standard InChI is InChI=1S/C12H17NO2/c1-2-12(6-4-3-5-7-12)11-8-10(9-14)15-13-11/h3-6,10,14H,2,7-9H2,1H3. The number of allylic oxidation sites excluding steroid dienone is 4. The van der Waals surface area contributed by atoms with Gasteiger partial charge in [-0.2, -0.15) is 0 Å². The number of nitrogens with zero attached hydrogens (tertiary/aromatic N) is 1. The number of hydrogen-bond acceptors (Lipinski definition) is 3. The summed E-state index contributed by atoms with van der Waals surface area (Å²) in [5, 5.41) is 13.1. The van der Waals surface area contributed by atoms with Crippen LogP contribution in [-0.4, -0.2) is 23.5 Å². The molecule has 1 heterocycles. The summed E-state index contributed by atoms with van der Waals surface area (Å²) in [6.07, 6.45) is 11.1. The molecular formula is C12H17NO2. The molecule has 0 fully saturated rings. The summed E-state index contributed by atoms with van der Waals surface area (Å²) < 4.78 is 0. The van der Waals surface area contributed by atoms with Crippen molar-refractivity contribution in [3.8, 4) is 0 Å². The van der Waals surface area contributed by atoms with E-state index in [0.29, 0.717) is 0 Å². The topological polar surface area (TPSA) is 41.8 Å². The molecule has 0 saturated carbocycles. The van der Waals surface area contributed by atoms with E-state index in [1.165, 1.54) is 0 Å². The normalized spacial score (nSPS) is 34.0. The first-order valence-electron chi connectivity index (χ1n) is 5.49. The first kappa shape index (κ1) is 10.4. The molecule has 0 aromatic carbocycles. The number of rotatable bonds is 3. The number of aliphatic hydroxyl groups excluding tert-OH is 1. The van der Waals surface area contributed by atoms with Crippen molar-refractivity contribution >= 4 is 5.71 Å². The second-order valence-corrected chi connectivity index (χ2v) is 4.15. The highest BCUT2D eigenvalue weighted by Gasteiger charge is 2.36. The van der Waals surface area contributed by atoms with Gasteiger partial charge < -0.3 is 9.94 Å². The zero-order chi connectivity index (χ0) is 10.7. The maximum atomic E-state index is 9.01. The van der Waals surface area contributed by atoms with E-state index in [9.17, 15) is 0 Å². The van der Waals surface area contributed by atoms with Gasteiger partial charge in [-0.1, -0.05) is 36.4 Å². The van der Waals surface area contributed by atoms with E-state index in [1.807, 2.05) is 0 Å². The van der Waals surface area contributed by atoms with Crippen LogP contribution in [0, 0.1) is 5.41 Å². The molecule has 1 aliphatic heterocycles. The zero-order valence-electron chi connectivity index (χ0n) is 9.02. The Bertz CT molecular complexity index is 320. The summed E-state index contributed by atoms with van der Waals surface area (Å²) in [5.41, 5.74) is 1.10. The highest BCUT2D eigenvalue weighted by molar-refractivity contribution is 5.93. The lowest BCUT2D eigenvalue weighted by Gasteiger charge is -2.29. The average Bonchev–Trinajstić information content (AvgIpc) is 2.79. The molecule has 15 heavy (non-hydrogen) atoms. The molecule has 0 bridgehead atoms. The Morgan fingerprint density at radius 3 is 3.00 bits per heavy atom. The van der Waals surface area contributed by atoms with Crippen LogP contribution in [0.5, 0.6) is 0 Å². The fourth-order valence-electron chi connectivity index (χ4n) is 2.17. The quantitative estimate of drug-likeness (QED) is 0.769. The second kappa shape index (κ2) is 4.19. The number of oxime groups is 1. The van der Waals surface area contributed by atoms with Gasteiger partial charge in [0.15, 0.2) is 6.10 Å². The SMILES string of the molecule is CCC1(C2=NOC(CO)C2)C=CC=CC1. The zero-order valence-corrected chi connectivity index (χ0v) is 9.02. The molecule has 1 N–H and O–H groups in total. The summed E-state index contributed by atoms with van der Waals surface area (Å²) in [6, 6.07) is 0. The molecule has 2 atom stereocenters. The van der Waals surface area contributed by atoms with Crippen molar-refractivity contribution in [3.63, 3.8) is 0 Å². The lowest BCUT2D eigenvalue weighted by molar-refractivity contribution is 0.0390. The first-order chi connectivity index (χ1) is 7.30. The Hall–Kier alpha value is -1.09. The van der Waals surface area contributed by atoms with Gasteiger partial charge in [0.2, 0.25) is 0 Å². The van der Waals surface area contributed by atoms with E-state index in [4.69, 9.17) is 9.94 Å². The van der Waals surface area contributed by atoms with Gasteiger partial charge in [-0.25, -0.2) is 0 Å². The molecule has 2 rings (SSSR count). The molecule has 0 saturated heterocycles. The molecule has 1 aliphatic carbocycles. The van der Waals surface area contributed by atoms with Crippen molar-refractivity contribution in [2.45, 2.75) is 32.3 Å². The molecule has 0 aromatic rings. The second-order valence-electron chi connectivity index (χ2n) is 4.15. The van der Waals surface area contributed by atoms with Gasteiger partial charge in [-0.15, -0.1) is 0 Å². The lowest BCUT2D eigenvalue weighted by Crippen LogP contribution is -2.29. The summed E-state index contributed by atoms with van der Waals surface area (Å²) >= 11 is 0. The fraction of sp³-hybridized carbons (Fsp3) is 0.583. The van der Waals surface area contributed by atoms with Crippen LogP contribution in [-0.2, 0) is 4.84 Å². The van der Waals surface area contributed by atoms with Crippen molar-refractivity contribution in [2.75, 3.05) is 6.61 Å². The minimum absolute atomic E-state index is 0.0265. The Kier molecular flexibility index (Phi) is 2.91. The van der Waals surface area contributed by atoms with Crippen molar-refractivity contribution in [3.05, 3.63) is 24.3 Å². The van der Waals surface area contributed by atoms with Crippen LogP contribution >= 0.6 is 0 Å². The molecule has 0 radical (unpaired) electrons. The van der Waals surface area contributed by atoms with E-state index in [1.54, 1.807) is 0 Å². The summed E-state index contributed by atoms with van der Waals surface area (Å²) in [4.78, 5) is 5.17. The summed E-state index contributed by atoms with van der Waals surface area (Å²) in [5.74, 6) is 0. The van der Waals surface area contributed by atoms with Gasteiger partial charge in [0.25, 0.3) is 0 Å². The Balaban J connectivity index is 2.14. The van der Waals surface area contributed by atoms with E-state index >= 15 is 0 Å². The average molecular weight is 207 g/mol. The maximum absolute atomic E-state index is 9.01. The molecule has 3 heteroatoms. The molecule has 82 valence electrons. The van der Waals surface area contributed by atoms with Gasteiger partial charge in [0.1, 0.15) is 0 Å². The van der Waals surface area contributed by atoms with Crippen molar-refractivity contribution in [1.82, 2.24) is 0 Å². The van der Waals surface area contributed by atoms with Crippen LogP contribution in [0.3, 0.4) is 0 Å². The summed E-state index contributed by atoms with van der Waals surface area (Å²) in [7, 11) is 0. The van der Waals surface area contributed by atoms with Crippen LogP contribution < -0.4 is 0 Å². The van der Waals surface area contributed by atoms with Gasteiger partial charge in [-0.05, 0) is 12.8 Å². The molecular weight excluding hydrogens is 190 g/mol. The Morgan fingerprint density at radius 1 is 1.60 bits per heavy atom. The van der Waals surface area contributed by atoms with Gasteiger partial charge >= 0.3 is 0 Å². The van der Waals surface area contributed by atoms with Crippen LogP contribution in [0.25, 0.3) is 0 Å². The minimum Gasteiger partial charge on any atom is -0.392 e. The lowest BCUT2D eigenvalue weighted by atomic mass is 9.74. The predicted molar refractivity (Wildman–Crippen MR) is 59.6 cm³/mol. The van der Waals surface area contributed by atoms with E-state index in [0.717, 1.165) is 25.0 Å². The minimum atomic E-state index is -0.136. The predicted octanol–water partition coefficient (Wildman–Crippen LogP) is 2.04. The third-order valence-corrected chi connectivity index (χ3v) is 3.29. The maximum Gasteiger partial charge on any atom is 0.155 e. The van der Waals surface area contributed by atoms with E-state index in [-0.39, 0.29) is 18.1 Å². The Labute approximate surface area is 90.1 Å². The van der Waals surface area contributed by atoms with E-state index < -0.39 is 0 Å². The number of hydrogen-bond donors (Lipinski definition) is 1. The molecule has 0 aromatic heterocycles. The van der Waals surface area contributed by atoms with Gasteiger partial charge in [0.05, 0.1) is 12.3 Å². The highest BCUT2D eigenvalue weighted by Crippen LogP contribution is 2.37. The highest BCUT2D eigenvalue weighted by atomic mass is 16.6. The monoisotopic (exact) mass is 207 g/mol. The molecule has 3 nitrogen and oxygen atoms in total. The fourth-order valence-corrected chi connectivity index (χ4v) is 2.17. The van der Waals surface area contributed by atoms with Crippen LogP contribution in [0.4, 0.5) is 0 Å². The number of aliphatic hydroxyl groups is 1. The van der Waals surface area contributed by atoms with Gasteiger partial charge in [-0.3, -0.25) is 0 Å².